The van der Waals surface area contributed by atoms with Crippen LogP contribution in [0.15, 0.2) is 41.8 Å². The van der Waals surface area contributed by atoms with Crippen LogP contribution in [0.3, 0.4) is 0 Å². The number of rotatable bonds is 4. The van der Waals surface area contributed by atoms with Crippen molar-refractivity contribution in [3.8, 4) is 0 Å². The highest BCUT2D eigenvalue weighted by molar-refractivity contribution is 7.10. The van der Waals surface area contributed by atoms with Crippen LogP contribution in [-0.2, 0) is 17.8 Å². The second kappa shape index (κ2) is 7.08. The molecule has 2 aliphatic heterocycles. The maximum absolute atomic E-state index is 12.5. The molecule has 1 aromatic carbocycles. The fraction of sp³-hybridized carbons (Fsp3) is 0.450. The van der Waals surface area contributed by atoms with Crippen molar-refractivity contribution in [2.24, 2.45) is 0 Å². The minimum Gasteiger partial charge on any atom is -0.338 e. The molecule has 0 saturated carbocycles. The first kappa shape index (κ1) is 15.9. The Labute approximate surface area is 147 Å². The van der Waals surface area contributed by atoms with Crippen LogP contribution in [0.25, 0.3) is 0 Å². The first-order valence-electron chi connectivity index (χ1n) is 8.90. The Balaban J connectivity index is 1.26. The zero-order chi connectivity index (χ0) is 16.4. The van der Waals surface area contributed by atoms with Gasteiger partial charge in [0.15, 0.2) is 0 Å². The van der Waals surface area contributed by atoms with Crippen LogP contribution in [0, 0.1) is 0 Å². The highest BCUT2D eigenvalue weighted by atomic mass is 32.1. The second-order valence-corrected chi connectivity index (χ2v) is 7.88. The minimum absolute atomic E-state index is 0.315. The Hall–Kier alpha value is -1.65. The number of hydrogen-bond acceptors (Lipinski definition) is 3. The number of nitrogens with zero attached hydrogens (tertiary/aromatic N) is 2. The predicted molar refractivity (Wildman–Crippen MR) is 98.3 cm³/mol. The number of amides is 1. The molecule has 1 saturated heterocycles. The van der Waals surface area contributed by atoms with Crippen LogP contribution in [-0.4, -0.2) is 41.9 Å². The number of likely N-dealkylation sites (tertiary alicyclic amines) is 1. The number of benzene rings is 1. The van der Waals surface area contributed by atoms with Gasteiger partial charge in [0, 0.05) is 37.5 Å². The predicted octanol–water partition coefficient (Wildman–Crippen LogP) is 3.51. The molecule has 0 radical (unpaired) electrons. The van der Waals surface area contributed by atoms with Gasteiger partial charge in [0.05, 0.1) is 0 Å². The fourth-order valence-electron chi connectivity index (χ4n) is 3.91. The maximum Gasteiger partial charge on any atom is 0.224 e. The standard InChI is InChI=1S/C20H24N2OS/c23-20(22-12-7-19-18(15-22)9-13-24-19)8-11-21-10-6-17(14-21)16-4-2-1-3-5-16/h1-5,9,13,17H,6-8,10-12,14-15H2/t17-/m1/s1. The van der Waals surface area contributed by atoms with E-state index in [2.05, 4.69) is 46.7 Å². The summed E-state index contributed by atoms with van der Waals surface area (Å²) in [6, 6.07) is 12.9. The maximum atomic E-state index is 12.5. The molecule has 24 heavy (non-hydrogen) atoms. The van der Waals surface area contributed by atoms with Gasteiger partial charge in [0.2, 0.25) is 5.91 Å². The van der Waals surface area contributed by atoms with Gasteiger partial charge in [-0.05, 0) is 47.9 Å². The van der Waals surface area contributed by atoms with Crippen LogP contribution in [0.1, 0.15) is 34.8 Å². The first-order chi connectivity index (χ1) is 11.8. The monoisotopic (exact) mass is 340 g/mol. The van der Waals surface area contributed by atoms with E-state index in [-0.39, 0.29) is 0 Å². The zero-order valence-corrected chi connectivity index (χ0v) is 14.8. The molecule has 3 nitrogen and oxygen atoms in total. The van der Waals surface area contributed by atoms with Crippen molar-refractivity contribution in [1.82, 2.24) is 9.80 Å². The normalized spacial score (nSPS) is 21.0. The lowest BCUT2D eigenvalue weighted by atomic mass is 9.99. The summed E-state index contributed by atoms with van der Waals surface area (Å²) in [4.78, 5) is 18.5. The fourth-order valence-corrected chi connectivity index (χ4v) is 4.80. The third-order valence-corrected chi connectivity index (χ3v) is 6.37. The first-order valence-corrected chi connectivity index (χ1v) is 9.78. The minimum atomic E-state index is 0.315. The van der Waals surface area contributed by atoms with Crippen molar-refractivity contribution < 1.29 is 4.79 Å². The van der Waals surface area contributed by atoms with Crippen molar-refractivity contribution in [2.45, 2.75) is 31.7 Å². The molecule has 0 unspecified atom stereocenters. The quantitative estimate of drug-likeness (QED) is 0.850. The van der Waals surface area contributed by atoms with Gasteiger partial charge >= 0.3 is 0 Å². The Morgan fingerprint density at radius 2 is 2.04 bits per heavy atom. The summed E-state index contributed by atoms with van der Waals surface area (Å²) in [5.41, 5.74) is 2.79. The van der Waals surface area contributed by atoms with E-state index in [0.29, 0.717) is 18.2 Å². The molecular formula is C20H24N2OS. The Kier molecular flexibility index (Phi) is 4.67. The molecule has 0 spiro atoms. The summed E-state index contributed by atoms with van der Waals surface area (Å²) < 4.78 is 0. The van der Waals surface area contributed by atoms with Crippen molar-refractivity contribution >= 4 is 17.2 Å². The van der Waals surface area contributed by atoms with Gasteiger partial charge in [-0.1, -0.05) is 30.3 Å². The molecule has 0 aliphatic carbocycles. The lowest BCUT2D eigenvalue weighted by molar-refractivity contribution is -0.132. The molecule has 126 valence electrons. The van der Waals surface area contributed by atoms with Gasteiger partial charge in [0.25, 0.3) is 0 Å². The van der Waals surface area contributed by atoms with Crippen LogP contribution in [0.5, 0.6) is 0 Å². The third kappa shape index (κ3) is 3.40. The van der Waals surface area contributed by atoms with Crippen LogP contribution in [0.2, 0.25) is 0 Å². The van der Waals surface area contributed by atoms with Gasteiger partial charge in [-0.15, -0.1) is 11.3 Å². The molecule has 3 heterocycles. The largest absolute Gasteiger partial charge is 0.338 e. The SMILES string of the molecule is O=C(CCN1CC[C@@H](c2ccccc2)C1)N1CCc2sccc2C1. The van der Waals surface area contributed by atoms with E-state index in [1.807, 2.05) is 16.2 Å². The summed E-state index contributed by atoms with van der Waals surface area (Å²) in [5.74, 6) is 0.944. The average Bonchev–Trinajstić information content (AvgIpc) is 3.29. The molecule has 2 aliphatic rings. The van der Waals surface area contributed by atoms with Gasteiger partial charge in [-0.2, -0.15) is 0 Å². The Morgan fingerprint density at radius 1 is 1.17 bits per heavy atom. The van der Waals surface area contributed by atoms with E-state index < -0.39 is 0 Å². The molecule has 4 heteroatoms. The molecule has 1 amide bonds. The van der Waals surface area contributed by atoms with Crippen molar-refractivity contribution in [1.29, 1.82) is 0 Å². The van der Waals surface area contributed by atoms with E-state index in [9.17, 15) is 4.79 Å². The smallest absolute Gasteiger partial charge is 0.224 e. The summed E-state index contributed by atoms with van der Waals surface area (Å²) in [6.07, 6.45) is 2.89. The number of fused-ring (bicyclic) bond motifs is 1. The van der Waals surface area contributed by atoms with Crippen molar-refractivity contribution in [2.75, 3.05) is 26.2 Å². The highest BCUT2D eigenvalue weighted by Crippen LogP contribution is 2.27. The molecule has 2 aromatic rings. The number of thiophene rings is 1. The molecule has 1 aromatic heterocycles. The Morgan fingerprint density at radius 3 is 2.92 bits per heavy atom. The average molecular weight is 340 g/mol. The van der Waals surface area contributed by atoms with Crippen LogP contribution >= 0.6 is 11.3 Å². The third-order valence-electron chi connectivity index (χ3n) is 5.35. The van der Waals surface area contributed by atoms with E-state index in [1.54, 1.807) is 0 Å². The van der Waals surface area contributed by atoms with Gasteiger partial charge in [0.1, 0.15) is 0 Å². The summed E-state index contributed by atoms with van der Waals surface area (Å²) in [7, 11) is 0. The van der Waals surface area contributed by atoms with E-state index in [1.165, 1.54) is 22.4 Å². The molecule has 4 rings (SSSR count). The number of carbonyl (C=O) groups excluding carboxylic acids is 1. The van der Waals surface area contributed by atoms with Crippen LogP contribution < -0.4 is 0 Å². The van der Waals surface area contributed by atoms with Gasteiger partial charge in [-0.3, -0.25) is 4.79 Å². The summed E-state index contributed by atoms with van der Waals surface area (Å²) in [5, 5.41) is 2.15. The molecule has 0 bridgehead atoms. The Bertz CT molecular complexity index is 697. The van der Waals surface area contributed by atoms with Gasteiger partial charge in [-0.25, -0.2) is 0 Å². The molecule has 1 fully saturated rings. The van der Waals surface area contributed by atoms with Crippen molar-refractivity contribution in [3.05, 3.63) is 57.8 Å². The lowest BCUT2D eigenvalue weighted by Crippen LogP contribution is -2.37. The number of carbonyl (C=O) groups is 1. The second-order valence-electron chi connectivity index (χ2n) is 6.88. The van der Waals surface area contributed by atoms with E-state index in [4.69, 9.17) is 0 Å². The molecule has 0 N–H and O–H groups in total. The molecular weight excluding hydrogens is 316 g/mol. The van der Waals surface area contributed by atoms with Gasteiger partial charge < -0.3 is 9.80 Å². The van der Waals surface area contributed by atoms with E-state index in [0.717, 1.165) is 39.1 Å². The highest BCUT2D eigenvalue weighted by Gasteiger charge is 2.26. The lowest BCUT2D eigenvalue weighted by Gasteiger charge is -2.28. The number of hydrogen-bond donors (Lipinski definition) is 0. The zero-order valence-electron chi connectivity index (χ0n) is 14.0. The molecule has 1 atom stereocenters. The topological polar surface area (TPSA) is 23.6 Å². The van der Waals surface area contributed by atoms with Crippen molar-refractivity contribution in [3.63, 3.8) is 0 Å². The van der Waals surface area contributed by atoms with Crippen LogP contribution in [0.4, 0.5) is 0 Å². The summed E-state index contributed by atoms with van der Waals surface area (Å²) in [6.45, 7) is 4.80. The van der Waals surface area contributed by atoms with E-state index >= 15 is 0 Å². The summed E-state index contributed by atoms with van der Waals surface area (Å²) >= 11 is 1.82.